The van der Waals surface area contributed by atoms with Crippen LogP contribution in [0.1, 0.15) is 48.2 Å². The van der Waals surface area contributed by atoms with Crippen molar-refractivity contribution in [1.29, 1.82) is 0 Å². The molecule has 1 heterocycles. The summed E-state index contributed by atoms with van der Waals surface area (Å²) in [4.78, 5) is 20.0. The second-order valence-corrected chi connectivity index (χ2v) is 9.21. The van der Waals surface area contributed by atoms with Gasteiger partial charge in [-0.2, -0.15) is 0 Å². The standard InChI is InChI=1S/C30H40N4O3/c1-4-16-34(17-5-2)29-20-25(14-15-32-29)30(36)33-27(19-23-10-7-6-8-11-23)28(35)22-31-21-24-12-9-13-26(18-24)37-3/h6-15,18,20,27-28,31,35H,4-5,16-17,19,21-22H2,1-3H3,(H,33,36). The van der Waals surface area contributed by atoms with Gasteiger partial charge in [0.05, 0.1) is 19.3 Å². The monoisotopic (exact) mass is 504 g/mol. The second-order valence-electron chi connectivity index (χ2n) is 9.21. The number of amides is 1. The average molecular weight is 505 g/mol. The molecule has 1 aromatic heterocycles. The lowest BCUT2D eigenvalue weighted by molar-refractivity contribution is 0.0830. The maximum atomic E-state index is 13.3. The molecule has 2 atom stereocenters. The number of aliphatic hydroxyl groups excluding tert-OH is 1. The number of pyridine rings is 1. The number of hydrogen-bond donors (Lipinski definition) is 3. The van der Waals surface area contributed by atoms with Crippen LogP contribution in [0.2, 0.25) is 0 Å². The highest BCUT2D eigenvalue weighted by Gasteiger charge is 2.23. The fourth-order valence-electron chi connectivity index (χ4n) is 4.31. The molecule has 3 rings (SSSR count). The number of hydrogen-bond acceptors (Lipinski definition) is 6. The number of nitrogens with one attached hydrogen (secondary N) is 2. The summed E-state index contributed by atoms with van der Waals surface area (Å²) in [6.07, 6.45) is 3.43. The summed E-state index contributed by atoms with van der Waals surface area (Å²) in [6, 6.07) is 20.8. The molecule has 37 heavy (non-hydrogen) atoms. The van der Waals surface area contributed by atoms with E-state index in [1.807, 2.05) is 60.7 Å². The van der Waals surface area contributed by atoms with Crippen molar-refractivity contribution in [3.05, 3.63) is 89.6 Å². The molecule has 0 spiro atoms. The van der Waals surface area contributed by atoms with Crippen molar-refractivity contribution < 1.29 is 14.6 Å². The molecule has 0 fully saturated rings. The number of ether oxygens (including phenoxy) is 1. The van der Waals surface area contributed by atoms with Gasteiger partial charge >= 0.3 is 0 Å². The van der Waals surface area contributed by atoms with Crippen LogP contribution in [0, 0.1) is 0 Å². The number of aromatic nitrogens is 1. The third-order valence-corrected chi connectivity index (χ3v) is 6.21. The fraction of sp³-hybridized carbons (Fsp3) is 0.400. The summed E-state index contributed by atoms with van der Waals surface area (Å²) in [5.74, 6) is 1.38. The molecule has 2 unspecified atom stereocenters. The van der Waals surface area contributed by atoms with Crippen molar-refractivity contribution in [3.8, 4) is 5.75 Å². The Balaban J connectivity index is 1.70. The van der Waals surface area contributed by atoms with Gasteiger partial charge < -0.3 is 25.4 Å². The van der Waals surface area contributed by atoms with Gasteiger partial charge in [0.25, 0.3) is 5.91 Å². The van der Waals surface area contributed by atoms with Crippen molar-refractivity contribution in [2.75, 3.05) is 31.6 Å². The molecular weight excluding hydrogens is 464 g/mol. The fourth-order valence-corrected chi connectivity index (χ4v) is 4.31. The molecule has 0 saturated heterocycles. The van der Waals surface area contributed by atoms with Gasteiger partial charge in [0, 0.05) is 37.9 Å². The van der Waals surface area contributed by atoms with Crippen molar-refractivity contribution in [3.63, 3.8) is 0 Å². The van der Waals surface area contributed by atoms with Crippen molar-refractivity contribution in [1.82, 2.24) is 15.6 Å². The normalized spacial score (nSPS) is 12.5. The van der Waals surface area contributed by atoms with E-state index in [4.69, 9.17) is 4.74 Å². The maximum absolute atomic E-state index is 13.3. The molecule has 198 valence electrons. The molecule has 0 aliphatic carbocycles. The molecular formula is C30H40N4O3. The van der Waals surface area contributed by atoms with Crippen molar-refractivity contribution >= 4 is 11.7 Å². The van der Waals surface area contributed by atoms with Crippen LogP contribution in [-0.2, 0) is 13.0 Å². The molecule has 2 aromatic carbocycles. The zero-order chi connectivity index (χ0) is 26.5. The first-order valence-electron chi connectivity index (χ1n) is 13.1. The summed E-state index contributed by atoms with van der Waals surface area (Å²) < 4.78 is 5.29. The minimum atomic E-state index is -0.784. The Morgan fingerprint density at radius 3 is 2.43 bits per heavy atom. The third kappa shape index (κ3) is 8.88. The number of rotatable bonds is 15. The molecule has 0 radical (unpaired) electrons. The highest BCUT2D eigenvalue weighted by molar-refractivity contribution is 5.95. The minimum Gasteiger partial charge on any atom is -0.497 e. The van der Waals surface area contributed by atoms with E-state index in [1.165, 1.54) is 0 Å². The van der Waals surface area contributed by atoms with Gasteiger partial charge in [-0.05, 0) is 54.7 Å². The molecule has 7 heteroatoms. The first kappa shape index (κ1) is 28.2. The molecule has 7 nitrogen and oxygen atoms in total. The van der Waals surface area contributed by atoms with Gasteiger partial charge in [-0.1, -0.05) is 56.3 Å². The molecule has 0 saturated carbocycles. The van der Waals surface area contributed by atoms with E-state index >= 15 is 0 Å². The Morgan fingerprint density at radius 1 is 1.00 bits per heavy atom. The van der Waals surface area contributed by atoms with E-state index in [0.29, 0.717) is 25.1 Å². The largest absolute Gasteiger partial charge is 0.497 e. The Morgan fingerprint density at radius 2 is 1.73 bits per heavy atom. The van der Waals surface area contributed by atoms with Crippen LogP contribution in [0.5, 0.6) is 5.75 Å². The van der Waals surface area contributed by atoms with Gasteiger partial charge in [0.1, 0.15) is 11.6 Å². The summed E-state index contributed by atoms with van der Waals surface area (Å²) in [6.45, 7) is 6.96. The van der Waals surface area contributed by atoms with E-state index in [9.17, 15) is 9.90 Å². The smallest absolute Gasteiger partial charge is 0.251 e. The van der Waals surface area contributed by atoms with Crippen LogP contribution >= 0.6 is 0 Å². The maximum Gasteiger partial charge on any atom is 0.251 e. The number of carbonyl (C=O) groups excluding carboxylic acids is 1. The van der Waals surface area contributed by atoms with E-state index < -0.39 is 12.1 Å². The number of aliphatic hydroxyl groups is 1. The van der Waals surface area contributed by atoms with Crippen molar-refractivity contribution in [2.24, 2.45) is 0 Å². The van der Waals surface area contributed by atoms with Crippen LogP contribution in [0.4, 0.5) is 5.82 Å². The van der Waals surface area contributed by atoms with Crippen LogP contribution in [0.15, 0.2) is 72.9 Å². The van der Waals surface area contributed by atoms with Gasteiger partial charge in [0.2, 0.25) is 0 Å². The topological polar surface area (TPSA) is 86.7 Å². The van der Waals surface area contributed by atoms with Crippen LogP contribution < -0.4 is 20.3 Å². The highest BCUT2D eigenvalue weighted by Crippen LogP contribution is 2.16. The van der Waals surface area contributed by atoms with Gasteiger partial charge in [0.15, 0.2) is 0 Å². The molecule has 0 bridgehead atoms. The SMILES string of the molecule is CCCN(CCC)c1cc(C(=O)NC(Cc2ccccc2)C(O)CNCc2cccc(OC)c2)ccn1. The van der Waals surface area contributed by atoms with Gasteiger partial charge in [-0.15, -0.1) is 0 Å². The summed E-state index contributed by atoms with van der Waals surface area (Å²) in [5.41, 5.74) is 2.65. The van der Waals surface area contributed by atoms with E-state index in [0.717, 1.165) is 48.6 Å². The summed E-state index contributed by atoms with van der Waals surface area (Å²) in [5, 5.41) is 17.5. The molecule has 0 aliphatic heterocycles. The van der Waals surface area contributed by atoms with Crippen LogP contribution in [0.25, 0.3) is 0 Å². The van der Waals surface area contributed by atoms with E-state index in [-0.39, 0.29) is 5.91 Å². The molecule has 3 aromatic rings. The lowest BCUT2D eigenvalue weighted by Crippen LogP contribution is -2.48. The number of benzene rings is 2. The van der Waals surface area contributed by atoms with E-state index in [2.05, 4.69) is 34.4 Å². The first-order chi connectivity index (χ1) is 18.0. The lowest BCUT2D eigenvalue weighted by atomic mass is 10.0. The zero-order valence-electron chi connectivity index (χ0n) is 22.2. The summed E-state index contributed by atoms with van der Waals surface area (Å²) in [7, 11) is 1.64. The molecule has 3 N–H and O–H groups in total. The Bertz CT molecular complexity index is 1090. The average Bonchev–Trinajstić information content (AvgIpc) is 2.93. The Hall–Kier alpha value is -3.42. The summed E-state index contributed by atoms with van der Waals surface area (Å²) >= 11 is 0. The van der Waals surface area contributed by atoms with Crippen LogP contribution in [-0.4, -0.2) is 54.9 Å². The predicted molar refractivity (Wildman–Crippen MR) is 149 cm³/mol. The molecule has 0 aliphatic rings. The third-order valence-electron chi connectivity index (χ3n) is 6.21. The predicted octanol–water partition coefficient (Wildman–Crippen LogP) is 4.21. The number of nitrogens with zero attached hydrogens (tertiary/aromatic N) is 2. The number of carbonyl (C=O) groups is 1. The minimum absolute atomic E-state index is 0.218. The second kappa shape index (κ2) is 15.0. The lowest BCUT2D eigenvalue weighted by Gasteiger charge is -2.26. The number of methoxy groups -OCH3 is 1. The van der Waals surface area contributed by atoms with Crippen LogP contribution in [0.3, 0.4) is 0 Å². The quantitative estimate of drug-likeness (QED) is 0.288. The Kier molecular flexibility index (Phi) is 11.4. The first-order valence-corrected chi connectivity index (χ1v) is 13.1. The van der Waals surface area contributed by atoms with Crippen molar-refractivity contribution in [2.45, 2.75) is 51.8 Å². The highest BCUT2D eigenvalue weighted by atomic mass is 16.5. The van der Waals surface area contributed by atoms with E-state index in [1.54, 1.807) is 19.4 Å². The van der Waals surface area contributed by atoms with Gasteiger partial charge in [-0.25, -0.2) is 4.98 Å². The zero-order valence-corrected chi connectivity index (χ0v) is 22.2. The molecule has 1 amide bonds. The van der Waals surface area contributed by atoms with Gasteiger partial charge in [-0.3, -0.25) is 4.79 Å². The Labute approximate surface area is 220 Å². The number of anilines is 1.